The van der Waals surface area contributed by atoms with E-state index in [0.29, 0.717) is 24.9 Å². The zero-order valence-electron chi connectivity index (χ0n) is 20.3. The fourth-order valence-electron chi connectivity index (χ4n) is 4.68. The van der Waals surface area contributed by atoms with Gasteiger partial charge in [0.25, 0.3) is 5.89 Å². The molecule has 2 amide bonds. The summed E-state index contributed by atoms with van der Waals surface area (Å²) in [4.78, 5) is 19.7. The second kappa shape index (κ2) is 9.92. The third-order valence-electron chi connectivity index (χ3n) is 6.46. The molecule has 1 aromatic heterocycles. The van der Waals surface area contributed by atoms with Gasteiger partial charge in [0.1, 0.15) is 5.75 Å². The van der Waals surface area contributed by atoms with E-state index in [2.05, 4.69) is 10.5 Å². The summed E-state index contributed by atoms with van der Waals surface area (Å²) in [6, 6.07) is 15.1. The molecule has 35 heavy (non-hydrogen) atoms. The monoisotopic (exact) mass is 474 g/mol. The lowest BCUT2D eigenvalue weighted by atomic mass is 9.94. The second-order valence-corrected chi connectivity index (χ2v) is 8.92. The van der Waals surface area contributed by atoms with Crippen molar-refractivity contribution in [2.24, 2.45) is 0 Å². The summed E-state index contributed by atoms with van der Waals surface area (Å²) < 4.78 is 17.2. The van der Waals surface area contributed by atoms with Gasteiger partial charge < -0.3 is 19.3 Å². The van der Waals surface area contributed by atoms with E-state index in [1.54, 1.807) is 4.90 Å². The van der Waals surface area contributed by atoms with Crippen molar-refractivity contribution in [3.05, 3.63) is 71.2 Å². The van der Waals surface area contributed by atoms with Crippen molar-refractivity contribution >= 4 is 11.6 Å². The maximum Gasteiger partial charge on any atom is 0.322 e. The van der Waals surface area contributed by atoms with Gasteiger partial charge >= 0.3 is 6.03 Å². The Morgan fingerprint density at radius 2 is 2.00 bits per heavy atom. The fourth-order valence-corrected chi connectivity index (χ4v) is 4.68. The number of carbonyl (C=O) groups excluding carboxylic acids is 1. The quantitative estimate of drug-likeness (QED) is 0.511. The van der Waals surface area contributed by atoms with Crippen molar-refractivity contribution in [3.63, 3.8) is 0 Å². The van der Waals surface area contributed by atoms with Gasteiger partial charge in [-0.25, -0.2) is 4.79 Å². The summed E-state index contributed by atoms with van der Waals surface area (Å²) in [5.41, 5.74) is 4.46. The molecule has 1 fully saturated rings. The standard InChI is InChI=1S/C27H30N4O4/c1-4-33-21-12-10-19(11-13-21)24-23(18(3)31(27(32)28-24)16-22-9-6-14-34-22)26-29-25(30-35-26)20-8-5-7-17(2)15-20/h5,7-8,10-13,15,22,24H,4,6,9,14,16H2,1-3H3,(H,28,32). The number of amides is 2. The summed E-state index contributed by atoms with van der Waals surface area (Å²) in [5.74, 6) is 1.67. The van der Waals surface area contributed by atoms with Gasteiger partial charge in [-0.3, -0.25) is 4.90 Å². The van der Waals surface area contributed by atoms with Crippen molar-refractivity contribution in [1.29, 1.82) is 0 Å². The fraction of sp³-hybridized carbons (Fsp3) is 0.370. The van der Waals surface area contributed by atoms with E-state index in [1.807, 2.05) is 69.3 Å². The minimum atomic E-state index is -0.440. The minimum absolute atomic E-state index is 0.0181. The SMILES string of the molecule is CCOc1ccc(C2NC(=O)N(CC3CCCO3)C(C)=C2c2nc(-c3cccc(C)c3)no2)cc1. The van der Waals surface area contributed by atoms with E-state index in [4.69, 9.17) is 19.0 Å². The van der Waals surface area contributed by atoms with Crippen LogP contribution < -0.4 is 10.1 Å². The summed E-state index contributed by atoms with van der Waals surface area (Å²) in [7, 11) is 0. The Labute approximate surface area is 204 Å². The van der Waals surface area contributed by atoms with Crippen LogP contribution in [0.2, 0.25) is 0 Å². The Kier molecular flexibility index (Phi) is 6.55. The van der Waals surface area contributed by atoms with Gasteiger partial charge in [0.05, 0.1) is 30.9 Å². The van der Waals surface area contributed by atoms with Gasteiger partial charge in [0.2, 0.25) is 5.82 Å². The predicted molar refractivity (Wildman–Crippen MR) is 132 cm³/mol. The lowest BCUT2D eigenvalue weighted by Gasteiger charge is -2.36. The largest absolute Gasteiger partial charge is 0.494 e. The second-order valence-electron chi connectivity index (χ2n) is 8.92. The van der Waals surface area contributed by atoms with Gasteiger partial charge in [-0.15, -0.1) is 0 Å². The molecule has 3 aromatic rings. The van der Waals surface area contributed by atoms with Crippen LogP contribution in [0.1, 0.15) is 49.7 Å². The highest BCUT2D eigenvalue weighted by molar-refractivity contribution is 5.87. The average Bonchev–Trinajstić information content (AvgIpc) is 3.55. The first kappa shape index (κ1) is 23.1. The lowest BCUT2D eigenvalue weighted by Crippen LogP contribution is -2.48. The number of rotatable bonds is 7. The van der Waals surface area contributed by atoms with Gasteiger partial charge in [-0.1, -0.05) is 41.1 Å². The van der Waals surface area contributed by atoms with Crippen molar-refractivity contribution < 1.29 is 18.8 Å². The van der Waals surface area contributed by atoms with Gasteiger partial charge in [0.15, 0.2) is 0 Å². The number of urea groups is 1. The molecule has 0 spiro atoms. The predicted octanol–water partition coefficient (Wildman–Crippen LogP) is 5.12. The number of hydrogen-bond acceptors (Lipinski definition) is 6. The third-order valence-corrected chi connectivity index (χ3v) is 6.46. The summed E-state index contributed by atoms with van der Waals surface area (Å²) >= 11 is 0. The molecule has 1 N–H and O–H groups in total. The molecule has 5 rings (SSSR count). The maximum atomic E-state index is 13.2. The maximum absolute atomic E-state index is 13.2. The minimum Gasteiger partial charge on any atom is -0.494 e. The Morgan fingerprint density at radius 3 is 2.71 bits per heavy atom. The van der Waals surface area contributed by atoms with Crippen molar-refractivity contribution in [2.75, 3.05) is 19.8 Å². The van der Waals surface area contributed by atoms with E-state index in [1.165, 1.54) is 0 Å². The summed E-state index contributed by atoms with van der Waals surface area (Å²) in [5, 5.41) is 7.41. The number of aromatic nitrogens is 2. The molecule has 0 radical (unpaired) electrons. The number of nitrogens with one attached hydrogen (secondary N) is 1. The lowest BCUT2D eigenvalue weighted by molar-refractivity contribution is 0.0877. The molecule has 182 valence electrons. The molecule has 2 aliphatic rings. The molecule has 0 saturated carbocycles. The van der Waals surface area contributed by atoms with Crippen LogP contribution in [0.15, 0.2) is 58.8 Å². The number of aryl methyl sites for hydroxylation is 1. The molecule has 1 saturated heterocycles. The molecule has 2 aliphatic heterocycles. The molecule has 3 heterocycles. The molecule has 8 nitrogen and oxygen atoms in total. The first-order valence-corrected chi connectivity index (χ1v) is 12.1. The first-order valence-electron chi connectivity index (χ1n) is 12.1. The molecule has 2 atom stereocenters. The van der Waals surface area contributed by atoms with Crippen LogP contribution in [0.5, 0.6) is 5.75 Å². The zero-order valence-corrected chi connectivity index (χ0v) is 20.3. The van der Waals surface area contributed by atoms with E-state index in [-0.39, 0.29) is 12.1 Å². The van der Waals surface area contributed by atoms with Crippen LogP contribution in [0, 0.1) is 6.92 Å². The molecule has 2 aromatic carbocycles. The van der Waals surface area contributed by atoms with Gasteiger partial charge in [-0.2, -0.15) is 4.98 Å². The highest BCUT2D eigenvalue weighted by Gasteiger charge is 2.37. The van der Waals surface area contributed by atoms with Gasteiger partial charge in [0, 0.05) is 17.9 Å². The molecule has 0 bridgehead atoms. The third kappa shape index (κ3) is 4.79. The molecular weight excluding hydrogens is 444 g/mol. The van der Waals surface area contributed by atoms with E-state index in [9.17, 15) is 4.79 Å². The van der Waals surface area contributed by atoms with Crippen molar-refractivity contribution in [1.82, 2.24) is 20.4 Å². The number of carbonyl (C=O) groups is 1. The Bertz CT molecular complexity index is 1230. The van der Waals surface area contributed by atoms with Crippen LogP contribution in [0.25, 0.3) is 17.0 Å². The zero-order chi connectivity index (χ0) is 24.4. The molecule has 2 unspecified atom stereocenters. The number of benzene rings is 2. The first-order chi connectivity index (χ1) is 17.0. The normalized spacial score (nSPS) is 20.3. The Hall–Kier alpha value is -3.65. The van der Waals surface area contributed by atoms with Crippen molar-refractivity contribution in [3.8, 4) is 17.1 Å². The van der Waals surface area contributed by atoms with Crippen LogP contribution in [0.4, 0.5) is 4.79 Å². The van der Waals surface area contributed by atoms with E-state index >= 15 is 0 Å². The van der Waals surface area contributed by atoms with Crippen LogP contribution in [-0.2, 0) is 4.74 Å². The van der Waals surface area contributed by atoms with Crippen LogP contribution >= 0.6 is 0 Å². The average molecular weight is 475 g/mol. The number of ether oxygens (including phenoxy) is 2. The Balaban J connectivity index is 1.55. The molecular formula is C27H30N4O4. The summed E-state index contributed by atoms with van der Waals surface area (Å²) in [6.07, 6.45) is 1.96. The topological polar surface area (TPSA) is 89.7 Å². The number of hydrogen-bond donors (Lipinski definition) is 1. The van der Waals surface area contributed by atoms with E-state index in [0.717, 1.165) is 53.2 Å². The smallest absolute Gasteiger partial charge is 0.322 e. The Morgan fingerprint density at radius 1 is 1.17 bits per heavy atom. The highest BCUT2D eigenvalue weighted by Crippen LogP contribution is 2.38. The molecule has 0 aliphatic carbocycles. The van der Waals surface area contributed by atoms with Crippen LogP contribution in [-0.4, -0.2) is 46.9 Å². The number of allylic oxidation sites excluding steroid dienone is 1. The summed E-state index contributed by atoms with van der Waals surface area (Å²) in [6.45, 7) is 7.71. The van der Waals surface area contributed by atoms with Crippen molar-refractivity contribution in [2.45, 2.75) is 45.8 Å². The highest BCUT2D eigenvalue weighted by atomic mass is 16.5. The van der Waals surface area contributed by atoms with Crippen LogP contribution in [0.3, 0.4) is 0 Å². The molecule has 8 heteroatoms. The number of nitrogens with zero attached hydrogens (tertiary/aromatic N) is 3. The van der Waals surface area contributed by atoms with E-state index < -0.39 is 6.04 Å². The van der Waals surface area contributed by atoms with Gasteiger partial charge in [-0.05, 0) is 57.4 Å².